The van der Waals surface area contributed by atoms with Gasteiger partial charge in [0.1, 0.15) is 4.99 Å². The number of nitrogens with zero attached hydrogens (tertiary/aromatic N) is 2. The summed E-state index contributed by atoms with van der Waals surface area (Å²) in [6.45, 7) is 7.28. The molecular formula is C15H24N4S. The highest BCUT2D eigenvalue weighted by molar-refractivity contribution is 7.80. The van der Waals surface area contributed by atoms with E-state index in [2.05, 4.69) is 22.2 Å². The van der Waals surface area contributed by atoms with Crippen LogP contribution in [-0.4, -0.2) is 41.6 Å². The molecule has 0 radical (unpaired) electrons. The van der Waals surface area contributed by atoms with Gasteiger partial charge in [-0.25, -0.2) is 0 Å². The lowest BCUT2D eigenvalue weighted by Gasteiger charge is -2.30. The van der Waals surface area contributed by atoms with Gasteiger partial charge in [0.25, 0.3) is 0 Å². The van der Waals surface area contributed by atoms with Gasteiger partial charge in [-0.1, -0.05) is 12.2 Å². The van der Waals surface area contributed by atoms with Crippen molar-refractivity contribution < 1.29 is 0 Å². The SMILES string of the molecule is Cc1cc(NCC2CCCN(C)C2)c(C(N)=S)c(C)n1. The number of pyridine rings is 1. The van der Waals surface area contributed by atoms with Gasteiger partial charge in [0, 0.05) is 30.2 Å². The van der Waals surface area contributed by atoms with Crippen LogP contribution in [0.4, 0.5) is 5.69 Å². The first-order chi connectivity index (χ1) is 9.47. The summed E-state index contributed by atoms with van der Waals surface area (Å²) in [4.78, 5) is 7.26. The number of hydrogen-bond donors (Lipinski definition) is 2. The molecule has 3 N–H and O–H groups in total. The maximum atomic E-state index is 5.84. The van der Waals surface area contributed by atoms with Gasteiger partial charge in [-0.3, -0.25) is 4.98 Å². The fourth-order valence-corrected chi connectivity index (χ4v) is 3.23. The van der Waals surface area contributed by atoms with Gasteiger partial charge >= 0.3 is 0 Å². The molecule has 0 saturated carbocycles. The molecule has 1 unspecified atom stereocenters. The summed E-state index contributed by atoms with van der Waals surface area (Å²) >= 11 is 5.16. The first-order valence-electron chi connectivity index (χ1n) is 7.18. The minimum absolute atomic E-state index is 0.415. The maximum Gasteiger partial charge on any atom is 0.107 e. The Morgan fingerprint density at radius 1 is 1.55 bits per heavy atom. The van der Waals surface area contributed by atoms with Gasteiger partial charge in [-0.15, -0.1) is 0 Å². The number of aromatic nitrogens is 1. The van der Waals surface area contributed by atoms with E-state index in [1.807, 2.05) is 19.9 Å². The van der Waals surface area contributed by atoms with E-state index in [1.165, 1.54) is 19.4 Å². The number of anilines is 1. The lowest BCUT2D eigenvalue weighted by molar-refractivity contribution is 0.217. The lowest BCUT2D eigenvalue weighted by Crippen LogP contribution is -2.35. The molecule has 0 amide bonds. The van der Waals surface area contributed by atoms with Gasteiger partial charge in [0.15, 0.2) is 0 Å². The van der Waals surface area contributed by atoms with E-state index in [9.17, 15) is 0 Å². The number of likely N-dealkylation sites (tertiary alicyclic amines) is 1. The van der Waals surface area contributed by atoms with Crippen molar-refractivity contribution in [3.8, 4) is 0 Å². The third kappa shape index (κ3) is 3.67. The summed E-state index contributed by atoms with van der Waals surface area (Å²) in [7, 11) is 2.19. The molecule has 110 valence electrons. The molecule has 0 aliphatic carbocycles. The van der Waals surface area contributed by atoms with E-state index < -0.39 is 0 Å². The second-order valence-electron chi connectivity index (χ2n) is 5.79. The van der Waals surface area contributed by atoms with Crippen molar-refractivity contribution in [2.24, 2.45) is 11.7 Å². The number of aryl methyl sites for hydroxylation is 2. The van der Waals surface area contributed by atoms with E-state index >= 15 is 0 Å². The number of piperidine rings is 1. The Balaban J connectivity index is 2.10. The van der Waals surface area contributed by atoms with Crippen molar-refractivity contribution in [2.75, 3.05) is 32.0 Å². The number of rotatable bonds is 4. The third-order valence-electron chi connectivity index (χ3n) is 3.88. The molecule has 1 saturated heterocycles. The largest absolute Gasteiger partial charge is 0.389 e. The van der Waals surface area contributed by atoms with E-state index in [4.69, 9.17) is 18.0 Å². The predicted molar refractivity (Wildman–Crippen MR) is 88.3 cm³/mol. The van der Waals surface area contributed by atoms with Crippen LogP contribution in [0.2, 0.25) is 0 Å². The Hall–Kier alpha value is -1.20. The molecule has 0 bridgehead atoms. The smallest absolute Gasteiger partial charge is 0.107 e. The van der Waals surface area contributed by atoms with Crippen LogP contribution >= 0.6 is 12.2 Å². The molecule has 1 atom stereocenters. The Labute approximate surface area is 126 Å². The van der Waals surface area contributed by atoms with Crippen molar-refractivity contribution in [3.63, 3.8) is 0 Å². The van der Waals surface area contributed by atoms with Crippen LogP contribution in [-0.2, 0) is 0 Å². The van der Waals surface area contributed by atoms with Crippen LogP contribution in [0.1, 0.15) is 29.8 Å². The van der Waals surface area contributed by atoms with Crippen molar-refractivity contribution in [2.45, 2.75) is 26.7 Å². The number of thiocarbonyl (C=S) groups is 1. The molecule has 1 aromatic rings. The average Bonchev–Trinajstić information content (AvgIpc) is 2.35. The minimum atomic E-state index is 0.415. The average molecular weight is 292 g/mol. The molecule has 4 nitrogen and oxygen atoms in total. The van der Waals surface area contributed by atoms with Gasteiger partial charge in [0.05, 0.1) is 5.56 Å². The summed E-state index contributed by atoms with van der Waals surface area (Å²) in [6, 6.07) is 2.04. The van der Waals surface area contributed by atoms with Gasteiger partial charge < -0.3 is 16.0 Å². The molecule has 5 heteroatoms. The van der Waals surface area contributed by atoms with Crippen molar-refractivity contribution in [1.29, 1.82) is 0 Å². The molecule has 1 fully saturated rings. The van der Waals surface area contributed by atoms with Crippen LogP contribution in [0.3, 0.4) is 0 Å². The summed E-state index contributed by atoms with van der Waals surface area (Å²) < 4.78 is 0. The van der Waals surface area contributed by atoms with Crippen molar-refractivity contribution in [3.05, 3.63) is 23.0 Å². The number of hydrogen-bond acceptors (Lipinski definition) is 4. The highest BCUT2D eigenvalue weighted by Gasteiger charge is 2.18. The molecule has 0 aromatic carbocycles. The molecule has 20 heavy (non-hydrogen) atoms. The zero-order chi connectivity index (χ0) is 14.7. The molecule has 1 aromatic heterocycles. The zero-order valence-electron chi connectivity index (χ0n) is 12.6. The van der Waals surface area contributed by atoms with Crippen LogP contribution in [0.5, 0.6) is 0 Å². The second-order valence-corrected chi connectivity index (χ2v) is 6.23. The number of nitrogens with one attached hydrogen (secondary N) is 1. The Morgan fingerprint density at radius 3 is 2.95 bits per heavy atom. The van der Waals surface area contributed by atoms with E-state index in [1.54, 1.807) is 0 Å². The highest BCUT2D eigenvalue weighted by atomic mass is 32.1. The van der Waals surface area contributed by atoms with Crippen molar-refractivity contribution in [1.82, 2.24) is 9.88 Å². The monoisotopic (exact) mass is 292 g/mol. The minimum Gasteiger partial charge on any atom is -0.389 e. The van der Waals surface area contributed by atoms with Crippen LogP contribution in [0.15, 0.2) is 6.07 Å². The Morgan fingerprint density at radius 2 is 2.30 bits per heavy atom. The molecule has 2 rings (SSSR count). The summed E-state index contributed by atoms with van der Waals surface area (Å²) in [5.74, 6) is 0.682. The summed E-state index contributed by atoms with van der Waals surface area (Å²) in [5, 5.41) is 3.53. The van der Waals surface area contributed by atoms with Crippen LogP contribution in [0, 0.1) is 19.8 Å². The maximum absolute atomic E-state index is 5.84. The topological polar surface area (TPSA) is 54.2 Å². The summed E-state index contributed by atoms with van der Waals surface area (Å²) in [5.41, 5.74) is 9.64. The normalized spacial score (nSPS) is 19.9. The van der Waals surface area contributed by atoms with Gasteiger partial charge in [-0.2, -0.15) is 0 Å². The lowest BCUT2D eigenvalue weighted by atomic mass is 9.98. The first-order valence-corrected chi connectivity index (χ1v) is 7.58. The van der Waals surface area contributed by atoms with E-state index in [0.717, 1.165) is 35.7 Å². The Kier molecular flexibility index (Phi) is 4.94. The second kappa shape index (κ2) is 6.50. The molecule has 0 spiro atoms. The highest BCUT2D eigenvalue weighted by Crippen LogP contribution is 2.22. The zero-order valence-corrected chi connectivity index (χ0v) is 13.4. The first kappa shape index (κ1) is 15.2. The fraction of sp³-hybridized carbons (Fsp3) is 0.600. The van der Waals surface area contributed by atoms with Crippen molar-refractivity contribution >= 4 is 22.9 Å². The van der Waals surface area contributed by atoms with Gasteiger partial charge in [-0.05, 0) is 52.3 Å². The third-order valence-corrected chi connectivity index (χ3v) is 4.08. The number of nitrogens with two attached hydrogens (primary N) is 1. The van der Waals surface area contributed by atoms with Gasteiger partial charge in [0.2, 0.25) is 0 Å². The quantitative estimate of drug-likeness (QED) is 0.832. The molecular weight excluding hydrogens is 268 g/mol. The Bertz CT molecular complexity index is 501. The molecule has 1 aliphatic heterocycles. The van der Waals surface area contributed by atoms with Crippen LogP contribution < -0.4 is 11.1 Å². The van der Waals surface area contributed by atoms with E-state index in [-0.39, 0.29) is 0 Å². The van der Waals surface area contributed by atoms with Crippen LogP contribution in [0.25, 0.3) is 0 Å². The molecule has 2 heterocycles. The predicted octanol–water partition coefficient (Wildman–Crippen LogP) is 2.09. The van der Waals surface area contributed by atoms with E-state index in [0.29, 0.717) is 10.9 Å². The standard InChI is InChI=1S/C15H24N4S/c1-10-7-13(14(15(16)20)11(2)18-10)17-8-12-5-4-6-19(3)9-12/h7,12H,4-6,8-9H2,1-3H3,(H2,16,20)(H,17,18). The summed E-state index contributed by atoms with van der Waals surface area (Å²) in [6.07, 6.45) is 2.56. The fourth-order valence-electron chi connectivity index (χ4n) is 2.97. The molecule has 1 aliphatic rings.